The van der Waals surface area contributed by atoms with Crippen LogP contribution >= 0.6 is 0 Å². The zero-order valence-electron chi connectivity index (χ0n) is 10.2. The summed E-state index contributed by atoms with van der Waals surface area (Å²) in [6.45, 7) is 1.59. The number of nitrogens with zero attached hydrogens (tertiary/aromatic N) is 3. The Balaban J connectivity index is 2.59. The molecule has 0 aliphatic rings. The van der Waals surface area contributed by atoms with Gasteiger partial charge in [0.2, 0.25) is 0 Å². The minimum atomic E-state index is -4.39. The molecular formula is C10H17F3N4. The van der Waals surface area contributed by atoms with Gasteiger partial charge in [0.25, 0.3) is 0 Å². The number of likely N-dealkylation sites (N-methyl/N-ethyl adjacent to an activating group) is 1. The molecule has 0 aromatic carbocycles. The molecular weight excluding hydrogens is 233 g/mol. The van der Waals surface area contributed by atoms with Crippen LogP contribution < -0.4 is 5.32 Å². The Kier molecular flexibility index (Phi) is 4.53. The zero-order chi connectivity index (χ0) is 13.1. The number of aryl methyl sites for hydroxylation is 1. The molecule has 17 heavy (non-hydrogen) atoms. The third-order valence-corrected chi connectivity index (χ3v) is 2.22. The van der Waals surface area contributed by atoms with Gasteiger partial charge in [0.1, 0.15) is 0 Å². The van der Waals surface area contributed by atoms with E-state index in [4.69, 9.17) is 0 Å². The maximum Gasteiger partial charge on any atom is 0.435 e. The van der Waals surface area contributed by atoms with Crippen molar-refractivity contribution in [3.63, 3.8) is 0 Å². The van der Waals surface area contributed by atoms with E-state index in [-0.39, 0.29) is 12.1 Å². The summed E-state index contributed by atoms with van der Waals surface area (Å²) in [7, 11) is 5.30. The van der Waals surface area contributed by atoms with E-state index in [1.54, 1.807) is 0 Å². The van der Waals surface area contributed by atoms with E-state index < -0.39 is 11.9 Å². The quantitative estimate of drug-likeness (QED) is 0.794. The van der Waals surface area contributed by atoms with Gasteiger partial charge in [-0.25, -0.2) is 0 Å². The van der Waals surface area contributed by atoms with Gasteiger partial charge in [0.15, 0.2) is 5.69 Å². The molecule has 1 heterocycles. The Labute approximate surface area is 98.4 Å². The fourth-order valence-corrected chi connectivity index (χ4v) is 1.43. The van der Waals surface area contributed by atoms with Crippen LogP contribution in [0.15, 0.2) is 6.20 Å². The molecule has 0 amide bonds. The molecule has 0 radical (unpaired) electrons. The molecule has 1 N–H and O–H groups in total. The highest BCUT2D eigenvalue weighted by molar-refractivity contribution is 5.19. The van der Waals surface area contributed by atoms with Gasteiger partial charge in [-0.2, -0.15) is 18.3 Å². The predicted octanol–water partition coefficient (Wildman–Crippen LogP) is 1.09. The molecule has 0 atom stereocenters. The normalized spacial score (nSPS) is 12.4. The molecule has 98 valence electrons. The maximum absolute atomic E-state index is 12.6. The second-order valence-corrected chi connectivity index (χ2v) is 4.15. The molecule has 0 bridgehead atoms. The summed E-state index contributed by atoms with van der Waals surface area (Å²) >= 11 is 0. The first-order valence-electron chi connectivity index (χ1n) is 5.26. The SMILES string of the molecule is CN(C)CCNCc1cn(C)nc1C(F)(F)F. The van der Waals surface area contributed by atoms with Crippen molar-refractivity contribution in [1.29, 1.82) is 0 Å². The summed E-state index contributed by atoms with van der Waals surface area (Å²) in [6.07, 6.45) is -2.99. The Morgan fingerprint density at radius 1 is 1.41 bits per heavy atom. The summed E-state index contributed by atoms with van der Waals surface area (Å²) in [5.74, 6) is 0. The van der Waals surface area contributed by atoms with Crippen LogP contribution in [-0.2, 0) is 19.8 Å². The molecule has 0 saturated carbocycles. The van der Waals surface area contributed by atoms with E-state index in [1.807, 2.05) is 19.0 Å². The Hall–Kier alpha value is -1.08. The van der Waals surface area contributed by atoms with E-state index in [2.05, 4.69) is 10.4 Å². The van der Waals surface area contributed by atoms with Gasteiger partial charge in [-0.15, -0.1) is 0 Å². The van der Waals surface area contributed by atoms with Crippen LogP contribution in [0.3, 0.4) is 0 Å². The molecule has 0 unspecified atom stereocenters. The molecule has 1 aromatic heterocycles. The average Bonchev–Trinajstić information content (AvgIpc) is 2.53. The lowest BCUT2D eigenvalue weighted by Crippen LogP contribution is -2.26. The highest BCUT2D eigenvalue weighted by Crippen LogP contribution is 2.30. The van der Waals surface area contributed by atoms with Gasteiger partial charge in [0, 0.05) is 38.4 Å². The van der Waals surface area contributed by atoms with Crippen LogP contribution in [0.2, 0.25) is 0 Å². The lowest BCUT2D eigenvalue weighted by Gasteiger charge is -2.10. The van der Waals surface area contributed by atoms with Crippen LogP contribution in [0.25, 0.3) is 0 Å². The van der Waals surface area contributed by atoms with Crippen LogP contribution in [0.4, 0.5) is 13.2 Å². The van der Waals surface area contributed by atoms with Gasteiger partial charge >= 0.3 is 6.18 Å². The maximum atomic E-state index is 12.6. The summed E-state index contributed by atoms with van der Waals surface area (Å²) in [6, 6.07) is 0. The molecule has 0 saturated heterocycles. The van der Waals surface area contributed by atoms with Crippen LogP contribution in [0, 0.1) is 0 Å². The zero-order valence-corrected chi connectivity index (χ0v) is 10.2. The lowest BCUT2D eigenvalue weighted by molar-refractivity contribution is -0.142. The van der Waals surface area contributed by atoms with Gasteiger partial charge in [-0.1, -0.05) is 0 Å². The highest BCUT2D eigenvalue weighted by atomic mass is 19.4. The fourth-order valence-electron chi connectivity index (χ4n) is 1.43. The van der Waals surface area contributed by atoms with E-state index in [0.717, 1.165) is 6.54 Å². The Morgan fingerprint density at radius 2 is 2.06 bits per heavy atom. The monoisotopic (exact) mass is 250 g/mol. The smallest absolute Gasteiger partial charge is 0.311 e. The van der Waals surface area contributed by atoms with Crippen molar-refractivity contribution in [1.82, 2.24) is 20.0 Å². The molecule has 0 aliphatic carbocycles. The summed E-state index contributed by atoms with van der Waals surface area (Å²) in [5, 5.41) is 6.40. The first-order chi connectivity index (χ1) is 7.80. The number of hydrogen-bond acceptors (Lipinski definition) is 3. The van der Waals surface area contributed by atoms with Crippen molar-refractivity contribution in [2.45, 2.75) is 12.7 Å². The van der Waals surface area contributed by atoms with E-state index in [1.165, 1.54) is 17.9 Å². The van der Waals surface area contributed by atoms with Crippen LogP contribution in [0.1, 0.15) is 11.3 Å². The molecule has 7 heteroatoms. The number of aromatic nitrogens is 2. The second kappa shape index (κ2) is 5.50. The van der Waals surface area contributed by atoms with Crippen molar-refractivity contribution in [2.75, 3.05) is 27.2 Å². The van der Waals surface area contributed by atoms with Gasteiger partial charge in [-0.3, -0.25) is 4.68 Å². The minimum absolute atomic E-state index is 0.177. The molecule has 1 aromatic rings. The first kappa shape index (κ1) is 14.0. The van der Waals surface area contributed by atoms with Crippen molar-refractivity contribution in [3.05, 3.63) is 17.5 Å². The van der Waals surface area contributed by atoms with E-state index in [9.17, 15) is 13.2 Å². The van der Waals surface area contributed by atoms with Crippen LogP contribution in [0.5, 0.6) is 0 Å². The van der Waals surface area contributed by atoms with Gasteiger partial charge < -0.3 is 10.2 Å². The predicted molar refractivity (Wildman–Crippen MR) is 58.5 cm³/mol. The average molecular weight is 250 g/mol. The Morgan fingerprint density at radius 3 is 2.59 bits per heavy atom. The Bertz CT molecular complexity index is 357. The van der Waals surface area contributed by atoms with Crippen molar-refractivity contribution in [3.8, 4) is 0 Å². The third-order valence-electron chi connectivity index (χ3n) is 2.22. The molecule has 1 rings (SSSR count). The van der Waals surface area contributed by atoms with E-state index in [0.29, 0.717) is 6.54 Å². The fraction of sp³-hybridized carbons (Fsp3) is 0.700. The largest absolute Gasteiger partial charge is 0.435 e. The minimum Gasteiger partial charge on any atom is -0.311 e. The summed E-state index contributed by atoms with van der Waals surface area (Å²) < 4.78 is 38.9. The molecule has 0 aliphatic heterocycles. The molecule has 0 spiro atoms. The number of nitrogens with one attached hydrogen (secondary N) is 1. The first-order valence-corrected chi connectivity index (χ1v) is 5.26. The van der Waals surface area contributed by atoms with Crippen molar-refractivity contribution >= 4 is 0 Å². The standard InChI is InChI=1S/C10H17F3N4/c1-16(2)5-4-14-6-8-7-17(3)15-9(8)10(11,12)13/h7,14H,4-6H2,1-3H3. The second-order valence-electron chi connectivity index (χ2n) is 4.15. The molecule has 0 fully saturated rings. The number of alkyl halides is 3. The van der Waals surface area contributed by atoms with Gasteiger partial charge in [-0.05, 0) is 14.1 Å². The van der Waals surface area contributed by atoms with Crippen molar-refractivity contribution in [2.24, 2.45) is 7.05 Å². The van der Waals surface area contributed by atoms with Crippen molar-refractivity contribution < 1.29 is 13.2 Å². The molecule has 4 nitrogen and oxygen atoms in total. The van der Waals surface area contributed by atoms with E-state index >= 15 is 0 Å². The van der Waals surface area contributed by atoms with Gasteiger partial charge in [0.05, 0.1) is 0 Å². The number of rotatable bonds is 5. The third kappa shape index (κ3) is 4.35. The number of halogens is 3. The lowest BCUT2D eigenvalue weighted by atomic mass is 10.2. The number of hydrogen-bond donors (Lipinski definition) is 1. The highest BCUT2D eigenvalue weighted by Gasteiger charge is 2.36. The summed E-state index contributed by atoms with van der Waals surface area (Å²) in [5.41, 5.74) is -0.629. The summed E-state index contributed by atoms with van der Waals surface area (Å²) in [4.78, 5) is 1.96. The van der Waals surface area contributed by atoms with Crippen LogP contribution in [-0.4, -0.2) is 41.9 Å². The topological polar surface area (TPSA) is 33.1 Å².